The Morgan fingerprint density at radius 1 is 1.03 bits per heavy atom. The third-order valence-electron chi connectivity index (χ3n) is 5.71. The normalized spacial score (nSPS) is 10.9. The van der Waals surface area contributed by atoms with E-state index in [0.29, 0.717) is 28.3 Å². The summed E-state index contributed by atoms with van der Waals surface area (Å²) in [6, 6.07) is 14.4. The van der Waals surface area contributed by atoms with Crippen molar-refractivity contribution in [3.63, 3.8) is 0 Å². The van der Waals surface area contributed by atoms with Crippen LogP contribution < -0.4 is 26.0 Å². The van der Waals surface area contributed by atoms with Crippen molar-refractivity contribution in [3.05, 3.63) is 85.4 Å². The lowest BCUT2D eigenvalue weighted by atomic mass is 10.2. The molecule has 0 saturated heterocycles. The number of hydrogen-bond acceptors (Lipinski definition) is 6. The highest BCUT2D eigenvalue weighted by Gasteiger charge is 2.22. The number of amides is 1. The van der Waals surface area contributed by atoms with Crippen molar-refractivity contribution in [1.82, 2.24) is 14.5 Å². The van der Waals surface area contributed by atoms with Gasteiger partial charge in [0, 0.05) is 17.5 Å². The summed E-state index contributed by atoms with van der Waals surface area (Å²) < 4.78 is 13.1. The SMILES string of the molecule is COc1ccc(-n2c(=O)c3c(C)c(C)sc3n(CC(=O)NCc3ccccc3)c2=O)c(OC)c1. The van der Waals surface area contributed by atoms with Crippen molar-refractivity contribution in [2.45, 2.75) is 26.9 Å². The maximum absolute atomic E-state index is 13.6. The number of methoxy groups -OCH3 is 2. The van der Waals surface area contributed by atoms with Gasteiger partial charge in [-0.05, 0) is 37.1 Å². The van der Waals surface area contributed by atoms with Gasteiger partial charge < -0.3 is 14.8 Å². The zero-order valence-corrected chi connectivity index (χ0v) is 20.2. The van der Waals surface area contributed by atoms with Crippen LogP contribution in [0, 0.1) is 13.8 Å². The van der Waals surface area contributed by atoms with Crippen LogP contribution in [0.25, 0.3) is 15.9 Å². The number of carbonyl (C=O) groups excluding carboxylic acids is 1. The fourth-order valence-corrected chi connectivity index (χ4v) is 4.92. The highest BCUT2D eigenvalue weighted by Crippen LogP contribution is 2.29. The Kier molecular flexibility index (Phi) is 6.56. The number of aryl methyl sites for hydroxylation is 2. The molecule has 8 nitrogen and oxygen atoms in total. The van der Waals surface area contributed by atoms with E-state index in [4.69, 9.17) is 9.47 Å². The molecule has 4 rings (SSSR count). The minimum atomic E-state index is -0.614. The van der Waals surface area contributed by atoms with Gasteiger partial charge in [-0.3, -0.25) is 14.2 Å². The van der Waals surface area contributed by atoms with Crippen molar-refractivity contribution in [2.24, 2.45) is 0 Å². The molecule has 34 heavy (non-hydrogen) atoms. The van der Waals surface area contributed by atoms with Gasteiger partial charge in [0.15, 0.2) is 0 Å². The molecule has 0 unspecified atom stereocenters. The summed E-state index contributed by atoms with van der Waals surface area (Å²) in [5.41, 5.74) is 0.944. The van der Waals surface area contributed by atoms with Gasteiger partial charge >= 0.3 is 5.69 Å². The van der Waals surface area contributed by atoms with E-state index in [1.807, 2.05) is 44.2 Å². The van der Waals surface area contributed by atoms with E-state index in [1.165, 1.54) is 30.1 Å². The zero-order chi connectivity index (χ0) is 24.4. The summed E-state index contributed by atoms with van der Waals surface area (Å²) in [6.45, 7) is 3.85. The summed E-state index contributed by atoms with van der Waals surface area (Å²) in [6.07, 6.45) is 0. The maximum atomic E-state index is 13.6. The molecule has 4 aromatic rings. The zero-order valence-electron chi connectivity index (χ0n) is 19.4. The second-order valence-electron chi connectivity index (χ2n) is 7.77. The van der Waals surface area contributed by atoms with Crippen LogP contribution in [0.2, 0.25) is 0 Å². The number of hydrogen-bond donors (Lipinski definition) is 1. The van der Waals surface area contributed by atoms with E-state index in [9.17, 15) is 14.4 Å². The molecule has 2 heterocycles. The first-order valence-corrected chi connectivity index (χ1v) is 11.5. The van der Waals surface area contributed by atoms with Gasteiger partial charge in [-0.15, -0.1) is 11.3 Å². The van der Waals surface area contributed by atoms with Crippen molar-refractivity contribution >= 4 is 27.5 Å². The second-order valence-corrected chi connectivity index (χ2v) is 8.98. The predicted molar refractivity (Wildman–Crippen MR) is 133 cm³/mol. The molecule has 0 fully saturated rings. The Morgan fingerprint density at radius 3 is 2.44 bits per heavy atom. The van der Waals surface area contributed by atoms with Crippen LogP contribution in [0.5, 0.6) is 11.5 Å². The van der Waals surface area contributed by atoms with Gasteiger partial charge in [0.05, 0.1) is 25.3 Å². The van der Waals surface area contributed by atoms with Crippen molar-refractivity contribution < 1.29 is 14.3 Å². The Labute approximate surface area is 200 Å². The molecule has 0 aliphatic rings. The van der Waals surface area contributed by atoms with Crippen LogP contribution >= 0.6 is 11.3 Å². The molecule has 1 N–H and O–H groups in total. The van der Waals surface area contributed by atoms with Gasteiger partial charge in [0.2, 0.25) is 5.91 Å². The Hall–Kier alpha value is -3.85. The third-order valence-corrected chi connectivity index (χ3v) is 6.94. The van der Waals surface area contributed by atoms with Crippen molar-refractivity contribution in [1.29, 1.82) is 0 Å². The Bertz CT molecular complexity index is 1480. The van der Waals surface area contributed by atoms with Gasteiger partial charge in [0.1, 0.15) is 22.9 Å². The molecule has 0 saturated carbocycles. The number of fused-ring (bicyclic) bond motifs is 1. The standard InChI is InChI=1S/C25H25N3O5S/c1-15-16(2)34-24-22(15)23(30)28(19-11-10-18(32-3)12-20(19)33-4)25(31)27(24)14-21(29)26-13-17-8-6-5-7-9-17/h5-12H,13-14H2,1-4H3,(H,26,29). The van der Waals surface area contributed by atoms with Gasteiger partial charge in [-0.1, -0.05) is 30.3 Å². The van der Waals surface area contributed by atoms with Crippen molar-refractivity contribution in [3.8, 4) is 17.2 Å². The number of benzene rings is 2. The molecule has 2 aromatic heterocycles. The molecule has 0 aliphatic carbocycles. The van der Waals surface area contributed by atoms with Gasteiger partial charge in [-0.25, -0.2) is 9.36 Å². The lowest BCUT2D eigenvalue weighted by Gasteiger charge is -2.15. The van der Waals surface area contributed by atoms with Crippen molar-refractivity contribution in [2.75, 3.05) is 14.2 Å². The first kappa shape index (κ1) is 23.3. The predicted octanol–water partition coefficient (Wildman–Crippen LogP) is 3.16. The maximum Gasteiger partial charge on any atom is 0.337 e. The second kappa shape index (κ2) is 9.56. The first-order valence-electron chi connectivity index (χ1n) is 10.6. The largest absolute Gasteiger partial charge is 0.497 e. The summed E-state index contributed by atoms with van der Waals surface area (Å²) >= 11 is 1.33. The molecule has 0 spiro atoms. The molecule has 1 amide bonds. The Balaban J connectivity index is 1.84. The third kappa shape index (κ3) is 4.22. The van der Waals surface area contributed by atoms with E-state index in [-0.39, 0.29) is 18.1 Å². The number of nitrogens with zero attached hydrogens (tertiary/aromatic N) is 2. The van der Waals surface area contributed by atoms with Crippen LogP contribution in [-0.2, 0) is 17.9 Å². The van der Waals surface area contributed by atoms with E-state index in [1.54, 1.807) is 18.2 Å². The van der Waals surface area contributed by atoms with E-state index in [0.717, 1.165) is 20.6 Å². The minimum Gasteiger partial charge on any atom is -0.497 e. The summed E-state index contributed by atoms with van der Waals surface area (Å²) in [7, 11) is 2.97. The van der Waals surface area contributed by atoms with Crippen LogP contribution in [0.15, 0.2) is 58.1 Å². The molecular weight excluding hydrogens is 454 g/mol. The quantitative estimate of drug-likeness (QED) is 0.440. The van der Waals surface area contributed by atoms with Gasteiger partial charge in [0.25, 0.3) is 5.56 Å². The average molecular weight is 480 g/mol. The van der Waals surface area contributed by atoms with E-state index >= 15 is 0 Å². The number of rotatable bonds is 7. The molecule has 2 aromatic carbocycles. The first-order chi connectivity index (χ1) is 16.3. The molecule has 176 valence electrons. The number of thiophene rings is 1. The van der Waals surface area contributed by atoms with E-state index in [2.05, 4.69) is 5.32 Å². The smallest absolute Gasteiger partial charge is 0.337 e. The fourth-order valence-electron chi connectivity index (χ4n) is 3.77. The van der Waals surface area contributed by atoms with Crippen LogP contribution in [0.1, 0.15) is 16.0 Å². The molecule has 9 heteroatoms. The highest BCUT2D eigenvalue weighted by atomic mass is 32.1. The lowest BCUT2D eigenvalue weighted by molar-refractivity contribution is -0.121. The number of ether oxygens (including phenoxy) is 2. The minimum absolute atomic E-state index is 0.222. The molecular formula is C25H25N3O5S. The number of carbonyl (C=O) groups is 1. The molecule has 0 bridgehead atoms. The molecule has 0 radical (unpaired) electrons. The molecule has 0 aliphatic heterocycles. The van der Waals surface area contributed by atoms with Crippen LogP contribution in [-0.4, -0.2) is 29.3 Å². The Morgan fingerprint density at radius 2 is 1.76 bits per heavy atom. The number of aromatic nitrogens is 2. The monoisotopic (exact) mass is 479 g/mol. The molecule has 0 atom stereocenters. The topological polar surface area (TPSA) is 91.6 Å². The van der Waals surface area contributed by atoms with E-state index < -0.39 is 11.2 Å². The number of nitrogens with one attached hydrogen (secondary N) is 1. The average Bonchev–Trinajstić information content (AvgIpc) is 3.15. The summed E-state index contributed by atoms with van der Waals surface area (Å²) in [5, 5.41) is 3.26. The summed E-state index contributed by atoms with van der Waals surface area (Å²) in [4.78, 5) is 41.3. The lowest BCUT2D eigenvalue weighted by Crippen LogP contribution is -2.41. The fraction of sp³-hybridized carbons (Fsp3) is 0.240. The van der Waals surface area contributed by atoms with Gasteiger partial charge in [-0.2, -0.15) is 0 Å². The van der Waals surface area contributed by atoms with Crippen LogP contribution in [0.3, 0.4) is 0 Å². The highest BCUT2D eigenvalue weighted by molar-refractivity contribution is 7.18. The van der Waals surface area contributed by atoms with Crippen LogP contribution in [0.4, 0.5) is 0 Å². The summed E-state index contributed by atoms with van der Waals surface area (Å²) in [5.74, 6) is 0.503.